The van der Waals surface area contributed by atoms with Crippen molar-refractivity contribution in [1.82, 2.24) is 4.90 Å². The van der Waals surface area contributed by atoms with Gasteiger partial charge in [0.15, 0.2) is 0 Å². The fourth-order valence-corrected chi connectivity index (χ4v) is 3.13. The number of rotatable bonds is 6. The second-order valence-electron chi connectivity index (χ2n) is 5.69. The molecular weight excluding hydrogens is 296 g/mol. The Labute approximate surface area is 137 Å². The van der Waals surface area contributed by atoms with E-state index >= 15 is 0 Å². The van der Waals surface area contributed by atoms with Gasteiger partial charge in [0.25, 0.3) is 5.91 Å². The van der Waals surface area contributed by atoms with Crippen LogP contribution in [0, 0.1) is 6.92 Å². The molecule has 5 heteroatoms. The minimum atomic E-state index is 0.147. The highest BCUT2D eigenvalue weighted by Crippen LogP contribution is 2.22. The molecule has 2 N–H and O–H groups in total. The van der Waals surface area contributed by atoms with E-state index in [0.29, 0.717) is 6.54 Å². The molecule has 1 aromatic rings. The maximum Gasteiger partial charge on any atom is 0.254 e. The van der Waals surface area contributed by atoms with E-state index in [2.05, 4.69) is 6.07 Å². The zero-order chi connectivity index (χ0) is 15.9. The van der Waals surface area contributed by atoms with E-state index in [1.807, 2.05) is 30.2 Å². The topological polar surface area (TPSA) is 55.6 Å². The minimum Gasteiger partial charge on any atom is -0.378 e. The summed E-state index contributed by atoms with van der Waals surface area (Å²) in [5, 5.41) is 0. The van der Waals surface area contributed by atoms with Crippen molar-refractivity contribution in [3.63, 3.8) is 0 Å². The van der Waals surface area contributed by atoms with Gasteiger partial charge in [0.1, 0.15) is 0 Å². The largest absolute Gasteiger partial charge is 0.378 e. The minimum absolute atomic E-state index is 0.147. The fourth-order valence-electron chi connectivity index (χ4n) is 2.69. The van der Waals surface area contributed by atoms with Crippen LogP contribution in [0.25, 0.3) is 0 Å². The number of nitrogens with two attached hydrogens (primary N) is 1. The number of benzene rings is 1. The highest BCUT2D eigenvalue weighted by Gasteiger charge is 2.24. The summed E-state index contributed by atoms with van der Waals surface area (Å²) in [5.41, 5.74) is 7.35. The molecule has 1 aliphatic heterocycles. The third kappa shape index (κ3) is 4.48. The summed E-state index contributed by atoms with van der Waals surface area (Å²) in [4.78, 5) is 15.8. The van der Waals surface area contributed by atoms with Gasteiger partial charge in [-0.3, -0.25) is 4.79 Å². The smallest absolute Gasteiger partial charge is 0.254 e. The zero-order valence-corrected chi connectivity index (χ0v) is 14.3. The van der Waals surface area contributed by atoms with E-state index in [9.17, 15) is 4.79 Å². The van der Waals surface area contributed by atoms with Crippen LogP contribution in [0.5, 0.6) is 0 Å². The summed E-state index contributed by atoms with van der Waals surface area (Å²) in [6, 6.07) is 6.10. The van der Waals surface area contributed by atoms with Gasteiger partial charge in [-0.25, -0.2) is 0 Å². The first-order valence-corrected chi connectivity index (χ1v) is 9.13. The number of carbonyl (C=O) groups is 1. The molecule has 0 aromatic heterocycles. The summed E-state index contributed by atoms with van der Waals surface area (Å²) in [7, 11) is 0. The van der Waals surface area contributed by atoms with Crippen molar-refractivity contribution in [3.05, 3.63) is 29.3 Å². The van der Waals surface area contributed by atoms with E-state index in [0.717, 1.165) is 55.0 Å². The van der Waals surface area contributed by atoms with E-state index in [1.165, 1.54) is 0 Å². The van der Waals surface area contributed by atoms with Crippen LogP contribution in [-0.2, 0) is 4.74 Å². The van der Waals surface area contributed by atoms with E-state index in [1.54, 1.807) is 11.8 Å². The molecule has 0 spiro atoms. The molecule has 0 aliphatic carbocycles. The number of nitrogens with zero attached hydrogens (tertiary/aromatic N) is 1. The molecule has 0 unspecified atom stereocenters. The predicted octanol–water partition coefficient (Wildman–Crippen LogP) is 2.69. The molecule has 2 rings (SSSR count). The average molecular weight is 322 g/mol. The van der Waals surface area contributed by atoms with Crippen LogP contribution in [0.2, 0.25) is 0 Å². The first-order chi connectivity index (χ1) is 10.7. The average Bonchev–Trinajstić information content (AvgIpc) is 2.55. The number of thioether (sulfide) groups is 1. The van der Waals surface area contributed by atoms with Gasteiger partial charge in [-0.2, -0.15) is 0 Å². The van der Waals surface area contributed by atoms with Crippen LogP contribution in [0.4, 0.5) is 0 Å². The van der Waals surface area contributed by atoms with Crippen LogP contribution < -0.4 is 5.73 Å². The SMILES string of the molecule is CSc1ccc(C)c(C(=O)N2CCC(OCCCN)CC2)c1. The molecule has 0 atom stereocenters. The summed E-state index contributed by atoms with van der Waals surface area (Å²) in [6.07, 6.45) is 5.03. The van der Waals surface area contributed by atoms with Gasteiger partial charge in [-0.05, 0) is 56.7 Å². The Bertz CT molecular complexity index is 499. The molecular formula is C17H26N2O2S. The summed E-state index contributed by atoms with van der Waals surface area (Å²) in [5.74, 6) is 0.147. The Morgan fingerprint density at radius 2 is 2.14 bits per heavy atom. The van der Waals surface area contributed by atoms with E-state index in [4.69, 9.17) is 10.5 Å². The van der Waals surface area contributed by atoms with E-state index in [-0.39, 0.29) is 12.0 Å². The highest BCUT2D eigenvalue weighted by molar-refractivity contribution is 7.98. The molecule has 122 valence electrons. The molecule has 0 radical (unpaired) electrons. The molecule has 1 saturated heterocycles. The first kappa shape index (κ1) is 17.3. The maximum absolute atomic E-state index is 12.7. The van der Waals surface area contributed by atoms with Crippen molar-refractivity contribution < 1.29 is 9.53 Å². The normalized spacial score (nSPS) is 16.0. The molecule has 1 fully saturated rings. The predicted molar refractivity (Wildman–Crippen MR) is 91.5 cm³/mol. The molecule has 0 saturated carbocycles. The van der Waals surface area contributed by atoms with Gasteiger partial charge in [0, 0.05) is 30.2 Å². The second-order valence-corrected chi connectivity index (χ2v) is 6.57. The molecule has 4 nitrogen and oxygen atoms in total. The Kier molecular flexibility index (Phi) is 6.73. The Hall–Kier alpha value is -1.04. The number of likely N-dealkylation sites (tertiary alicyclic amines) is 1. The third-order valence-electron chi connectivity index (χ3n) is 4.11. The van der Waals surface area contributed by atoms with Crippen molar-refractivity contribution in [2.24, 2.45) is 5.73 Å². The number of piperidine rings is 1. The van der Waals surface area contributed by atoms with Crippen molar-refractivity contribution in [1.29, 1.82) is 0 Å². The number of amides is 1. The number of aryl methyl sites for hydroxylation is 1. The zero-order valence-electron chi connectivity index (χ0n) is 13.5. The lowest BCUT2D eigenvalue weighted by atomic mass is 10.0. The van der Waals surface area contributed by atoms with Crippen LogP contribution in [0.3, 0.4) is 0 Å². The molecule has 0 bridgehead atoms. The van der Waals surface area contributed by atoms with Gasteiger partial charge in [-0.15, -0.1) is 11.8 Å². The van der Waals surface area contributed by atoms with Crippen molar-refractivity contribution >= 4 is 17.7 Å². The van der Waals surface area contributed by atoms with Crippen LogP contribution >= 0.6 is 11.8 Å². The number of hydrogen-bond acceptors (Lipinski definition) is 4. The van der Waals surface area contributed by atoms with Gasteiger partial charge in [0.05, 0.1) is 6.10 Å². The second kappa shape index (κ2) is 8.56. The summed E-state index contributed by atoms with van der Waals surface area (Å²) < 4.78 is 5.80. The Morgan fingerprint density at radius 1 is 1.41 bits per heavy atom. The third-order valence-corrected chi connectivity index (χ3v) is 4.83. The monoisotopic (exact) mass is 322 g/mol. The van der Waals surface area contributed by atoms with Crippen LogP contribution in [-0.4, -0.2) is 49.4 Å². The van der Waals surface area contributed by atoms with Crippen molar-refractivity contribution in [3.8, 4) is 0 Å². The van der Waals surface area contributed by atoms with Gasteiger partial charge in [-0.1, -0.05) is 6.07 Å². The molecule has 22 heavy (non-hydrogen) atoms. The van der Waals surface area contributed by atoms with Gasteiger partial charge in [0.2, 0.25) is 0 Å². The number of ether oxygens (including phenoxy) is 1. The van der Waals surface area contributed by atoms with Crippen LogP contribution in [0.15, 0.2) is 23.1 Å². The fraction of sp³-hybridized carbons (Fsp3) is 0.588. The lowest BCUT2D eigenvalue weighted by Gasteiger charge is -2.32. The molecule has 1 aliphatic rings. The first-order valence-electron chi connectivity index (χ1n) is 7.91. The highest BCUT2D eigenvalue weighted by atomic mass is 32.2. The summed E-state index contributed by atoms with van der Waals surface area (Å²) in [6.45, 7) is 4.94. The standard InChI is InChI=1S/C17H26N2O2S/c1-13-4-5-15(22-2)12-16(13)17(20)19-9-6-14(7-10-19)21-11-3-8-18/h4-5,12,14H,3,6-11,18H2,1-2H3. The van der Waals surface area contributed by atoms with Gasteiger partial charge >= 0.3 is 0 Å². The number of carbonyl (C=O) groups excluding carboxylic acids is 1. The molecule has 1 amide bonds. The maximum atomic E-state index is 12.7. The number of hydrogen-bond donors (Lipinski definition) is 1. The van der Waals surface area contributed by atoms with Crippen molar-refractivity contribution in [2.75, 3.05) is 32.5 Å². The quantitative estimate of drug-likeness (QED) is 0.646. The Balaban J connectivity index is 1.92. The Morgan fingerprint density at radius 3 is 2.77 bits per heavy atom. The lowest BCUT2D eigenvalue weighted by Crippen LogP contribution is -2.41. The molecule has 1 aromatic carbocycles. The van der Waals surface area contributed by atoms with E-state index < -0.39 is 0 Å². The summed E-state index contributed by atoms with van der Waals surface area (Å²) >= 11 is 1.67. The van der Waals surface area contributed by atoms with Crippen LogP contribution in [0.1, 0.15) is 35.2 Å². The van der Waals surface area contributed by atoms with Crippen molar-refractivity contribution in [2.45, 2.75) is 37.2 Å². The van der Waals surface area contributed by atoms with Gasteiger partial charge < -0.3 is 15.4 Å². The molecule has 1 heterocycles. The lowest BCUT2D eigenvalue weighted by molar-refractivity contribution is 0.00842.